The second-order valence-corrected chi connectivity index (χ2v) is 6.71. The van der Waals surface area contributed by atoms with E-state index in [0.717, 1.165) is 25.0 Å². The maximum atomic E-state index is 13.5. The van der Waals surface area contributed by atoms with Crippen LogP contribution in [0.2, 0.25) is 0 Å². The maximum Gasteiger partial charge on any atom is 0.272 e. The molecule has 2 heterocycles. The summed E-state index contributed by atoms with van der Waals surface area (Å²) in [5.41, 5.74) is 2.43. The zero-order chi connectivity index (χ0) is 18.8. The highest BCUT2D eigenvalue weighted by Gasteiger charge is 2.19. The molecule has 3 aromatic rings. The summed E-state index contributed by atoms with van der Waals surface area (Å²) in [7, 11) is 0. The predicted octanol–water partition coefficient (Wildman–Crippen LogP) is 4.43. The molecule has 1 aromatic heterocycles. The minimum atomic E-state index is -0.329. The minimum Gasteiger partial charge on any atom is -0.489 e. The van der Waals surface area contributed by atoms with Crippen LogP contribution >= 0.6 is 0 Å². The van der Waals surface area contributed by atoms with Crippen LogP contribution in [0.4, 0.5) is 10.1 Å². The number of aryl methyl sites for hydroxylation is 1. The van der Waals surface area contributed by atoms with Gasteiger partial charge in [-0.05, 0) is 55.7 Å². The molecule has 2 aromatic carbocycles. The molecular formula is C21H21FN2O3. The third kappa shape index (κ3) is 3.66. The number of benzene rings is 2. The van der Waals surface area contributed by atoms with E-state index in [9.17, 15) is 9.18 Å². The number of fused-ring (bicyclic) bond motifs is 1. The number of ether oxygens (including phenoxy) is 2. The van der Waals surface area contributed by atoms with Crippen molar-refractivity contribution in [3.8, 4) is 5.75 Å². The van der Waals surface area contributed by atoms with E-state index in [-0.39, 0.29) is 17.8 Å². The first-order chi connectivity index (χ1) is 13.1. The summed E-state index contributed by atoms with van der Waals surface area (Å²) in [6, 6.07) is 11.7. The van der Waals surface area contributed by atoms with Crippen LogP contribution in [0.5, 0.6) is 5.75 Å². The van der Waals surface area contributed by atoms with Crippen molar-refractivity contribution in [2.24, 2.45) is 0 Å². The molecule has 0 bridgehead atoms. The van der Waals surface area contributed by atoms with Crippen molar-refractivity contribution in [2.45, 2.75) is 25.9 Å². The molecule has 4 rings (SSSR count). The van der Waals surface area contributed by atoms with Gasteiger partial charge in [0.05, 0.1) is 11.8 Å². The predicted molar refractivity (Wildman–Crippen MR) is 102 cm³/mol. The largest absolute Gasteiger partial charge is 0.489 e. The number of rotatable bonds is 5. The van der Waals surface area contributed by atoms with E-state index < -0.39 is 0 Å². The van der Waals surface area contributed by atoms with Crippen molar-refractivity contribution in [1.29, 1.82) is 0 Å². The SMILES string of the molecule is Cc1c(C(=O)Nc2ccccc2OCC2CCCO2)[nH]c2ccc(F)cc12. The van der Waals surface area contributed by atoms with Gasteiger partial charge >= 0.3 is 0 Å². The van der Waals surface area contributed by atoms with Gasteiger partial charge in [0.25, 0.3) is 5.91 Å². The molecule has 1 atom stereocenters. The van der Waals surface area contributed by atoms with Gasteiger partial charge in [-0.15, -0.1) is 0 Å². The fourth-order valence-corrected chi connectivity index (χ4v) is 3.36. The summed E-state index contributed by atoms with van der Waals surface area (Å²) in [5, 5.41) is 3.59. The molecule has 0 aliphatic carbocycles. The van der Waals surface area contributed by atoms with Gasteiger partial charge in [0.1, 0.15) is 23.9 Å². The van der Waals surface area contributed by atoms with E-state index in [1.807, 2.05) is 18.2 Å². The lowest BCUT2D eigenvalue weighted by Crippen LogP contribution is -2.18. The van der Waals surface area contributed by atoms with Crippen molar-refractivity contribution >= 4 is 22.5 Å². The number of H-pyrrole nitrogens is 1. The monoisotopic (exact) mass is 368 g/mol. The summed E-state index contributed by atoms with van der Waals surface area (Å²) >= 11 is 0. The topological polar surface area (TPSA) is 63.4 Å². The Bertz CT molecular complexity index is 977. The Hall–Kier alpha value is -2.86. The summed E-state index contributed by atoms with van der Waals surface area (Å²) in [5.74, 6) is -0.0251. The smallest absolute Gasteiger partial charge is 0.272 e. The molecule has 5 nitrogen and oxygen atoms in total. The minimum absolute atomic E-state index is 0.0969. The Balaban J connectivity index is 1.53. The molecule has 1 saturated heterocycles. The Kier molecular flexibility index (Phi) is 4.81. The molecule has 0 saturated carbocycles. The first-order valence-electron chi connectivity index (χ1n) is 9.04. The zero-order valence-electron chi connectivity index (χ0n) is 15.0. The van der Waals surface area contributed by atoms with E-state index in [1.54, 1.807) is 19.1 Å². The molecule has 140 valence electrons. The fraction of sp³-hybridized carbons (Fsp3) is 0.286. The lowest BCUT2D eigenvalue weighted by atomic mass is 10.1. The molecule has 1 fully saturated rings. The molecule has 0 radical (unpaired) electrons. The molecule has 1 aliphatic rings. The lowest BCUT2D eigenvalue weighted by molar-refractivity contribution is 0.0682. The zero-order valence-corrected chi connectivity index (χ0v) is 15.0. The van der Waals surface area contributed by atoms with Gasteiger partial charge in [-0.2, -0.15) is 0 Å². The van der Waals surface area contributed by atoms with Gasteiger partial charge in [0.15, 0.2) is 0 Å². The van der Waals surface area contributed by atoms with Crippen molar-refractivity contribution in [3.63, 3.8) is 0 Å². The Morgan fingerprint density at radius 3 is 3.00 bits per heavy atom. The molecule has 27 heavy (non-hydrogen) atoms. The molecule has 0 spiro atoms. The summed E-state index contributed by atoms with van der Waals surface area (Å²) < 4.78 is 24.9. The van der Waals surface area contributed by atoms with Crippen LogP contribution in [-0.4, -0.2) is 30.2 Å². The van der Waals surface area contributed by atoms with Gasteiger partial charge in [0.2, 0.25) is 0 Å². The Labute approximate surface area is 156 Å². The third-order valence-corrected chi connectivity index (χ3v) is 4.83. The number of hydrogen-bond donors (Lipinski definition) is 2. The maximum absolute atomic E-state index is 13.5. The normalized spacial score (nSPS) is 16.6. The van der Waals surface area contributed by atoms with Gasteiger partial charge in [-0.1, -0.05) is 12.1 Å². The van der Waals surface area contributed by atoms with E-state index in [1.165, 1.54) is 12.1 Å². The van der Waals surface area contributed by atoms with E-state index in [0.29, 0.717) is 34.7 Å². The lowest BCUT2D eigenvalue weighted by Gasteiger charge is -2.15. The second-order valence-electron chi connectivity index (χ2n) is 6.71. The van der Waals surface area contributed by atoms with Crippen molar-refractivity contribution in [2.75, 3.05) is 18.5 Å². The number of amides is 1. The second kappa shape index (κ2) is 7.40. The van der Waals surface area contributed by atoms with Crippen molar-refractivity contribution in [3.05, 3.63) is 59.5 Å². The Morgan fingerprint density at radius 2 is 2.19 bits per heavy atom. The standard InChI is InChI=1S/C21H21FN2O3/c1-13-16-11-14(22)8-9-17(16)23-20(13)21(25)24-18-6-2-3-7-19(18)27-12-15-5-4-10-26-15/h2-3,6-9,11,15,23H,4-5,10,12H2,1H3,(H,24,25). The van der Waals surface area contributed by atoms with E-state index >= 15 is 0 Å². The number of halogens is 1. The van der Waals surface area contributed by atoms with Crippen LogP contribution in [0.15, 0.2) is 42.5 Å². The summed E-state index contributed by atoms with van der Waals surface area (Å²) in [6.07, 6.45) is 2.13. The number of anilines is 1. The van der Waals surface area contributed by atoms with Gasteiger partial charge < -0.3 is 19.8 Å². The van der Waals surface area contributed by atoms with Crippen LogP contribution in [0.3, 0.4) is 0 Å². The number of nitrogens with one attached hydrogen (secondary N) is 2. The van der Waals surface area contributed by atoms with Crippen LogP contribution in [0, 0.1) is 12.7 Å². The van der Waals surface area contributed by atoms with Crippen molar-refractivity contribution < 1.29 is 18.7 Å². The average molecular weight is 368 g/mol. The summed E-state index contributed by atoms with van der Waals surface area (Å²) in [6.45, 7) is 3.03. The van der Waals surface area contributed by atoms with Gasteiger partial charge in [0, 0.05) is 17.5 Å². The number of carbonyl (C=O) groups is 1. The number of aromatic amines is 1. The quantitative estimate of drug-likeness (QED) is 0.700. The van der Waals surface area contributed by atoms with Gasteiger partial charge in [-0.25, -0.2) is 4.39 Å². The van der Waals surface area contributed by atoms with Crippen molar-refractivity contribution in [1.82, 2.24) is 4.98 Å². The van der Waals surface area contributed by atoms with Gasteiger partial charge in [-0.3, -0.25) is 4.79 Å². The highest BCUT2D eigenvalue weighted by molar-refractivity contribution is 6.08. The molecule has 1 unspecified atom stereocenters. The summed E-state index contributed by atoms with van der Waals surface area (Å²) in [4.78, 5) is 15.9. The number of aromatic nitrogens is 1. The van der Waals surface area contributed by atoms with E-state index in [4.69, 9.17) is 9.47 Å². The van der Waals surface area contributed by atoms with Crippen LogP contribution in [0.25, 0.3) is 10.9 Å². The third-order valence-electron chi connectivity index (χ3n) is 4.83. The molecule has 2 N–H and O–H groups in total. The van der Waals surface area contributed by atoms with E-state index in [2.05, 4.69) is 10.3 Å². The first kappa shape index (κ1) is 17.5. The molecule has 1 amide bonds. The fourth-order valence-electron chi connectivity index (χ4n) is 3.36. The number of para-hydroxylation sites is 2. The average Bonchev–Trinajstić information content (AvgIpc) is 3.29. The molecule has 6 heteroatoms. The highest BCUT2D eigenvalue weighted by atomic mass is 19.1. The number of carbonyl (C=O) groups excluding carboxylic acids is 1. The Morgan fingerprint density at radius 1 is 1.33 bits per heavy atom. The molecule has 1 aliphatic heterocycles. The number of hydrogen-bond acceptors (Lipinski definition) is 3. The molecular weight excluding hydrogens is 347 g/mol. The van der Waals surface area contributed by atoms with Crippen LogP contribution < -0.4 is 10.1 Å². The first-order valence-corrected chi connectivity index (χ1v) is 9.04. The highest BCUT2D eigenvalue weighted by Crippen LogP contribution is 2.27. The van der Waals surface area contributed by atoms with Crippen LogP contribution in [0.1, 0.15) is 28.9 Å². The van der Waals surface area contributed by atoms with Crippen LogP contribution in [-0.2, 0) is 4.74 Å².